The number of carbonyl (C=O) groups excluding carboxylic acids is 1. The molecule has 0 bridgehead atoms. The first-order valence-electron chi connectivity index (χ1n) is 7.88. The quantitative estimate of drug-likeness (QED) is 0.845. The molecule has 128 valence electrons. The molecule has 1 aromatic heterocycles. The molecule has 1 saturated heterocycles. The Labute approximate surface area is 137 Å². The van der Waals surface area contributed by atoms with E-state index in [-0.39, 0.29) is 16.5 Å². The third-order valence-electron chi connectivity index (χ3n) is 4.40. The van der Waals surface area contributed by atoms with Gasteiger partial charge in [-0.05, 0) is 12.6 Å². The fraction of sp³-hybridized carbons (Fsp3) is 0.412. The molecule has 0 aliphatic carbocycles. The monoisotopic (exact) mass is 337 g/mol. The van der Waals surface area contributed by atoms with Crippen LogP contribution in [0.2, 0.25) is 0 Å². The number of amides is 1. The molecular weight excluding hydrogens is 319 g/mol. The maximum atomic E-state index is 13.6. The molecule has 1 amide bonds. The first kappa shape index (κ1) is 16.7. The van der Waals surface area contributed by atoms with E-state index in [0.29, 0.717) is 26.2 Å². The summed E-state index contributed by atoms with van der Waals surface area (Å²) in [5, 5.41) is -0.0388. The molecule has 1 aliphatic rings. The Balaban J connectivity index is 2.01. The zero-order valence-corrected chi connectivity index (χ0v) is 13.3. The molecule has 1 aromatic carbocycles. The minimum Gasteiger partial charge on any atom is -0.336 e. The lowest BCUT2D eigenvalue weighted by Gasteiger charge is -2.34. The molecule has 1 aliphatic heterocycles. The number of halogens is 3. The molecule has 0 saturated carbocycles. The zero-order valence-electron chi connectivity index (χ0n) is 13.3. The van der Waals surface area contributed by atoms with Crippen molar-refractivity contribution in [1.29, 1.82) is 0 Å². The van der Waals surface area contributed by atoms with E-state index in [1.54, 1.807) is 6.07 Å². The van der Waals surface area contributed by atoms with Gasteiger partial charge >= 0.3 is 6.18 Å². The van der Waals surface area contributed by atoms with Crippen LogP contribution in [0.25, 0.3) is 10.9 Å². The number of hydrogen-bond donors (Lipinski definition) is 0. The lowest BCUT2D eigenvalue weighted by atomic mass is 10.0. The Kier molecular flexibility index (Phi) is 4.45. The maximum absolute atomic E-state index is 13.6. The first-order chi connectivity index (χ1) is 11.4. The van der Waals surface area contributed by atoms with Crippen LogP contribution < -0.4 is 0 Å². The van der Waals surface area contributed by atoms with E-state index in [1.165, 1.54) is 23.1 Å². The van der Waals surface area contributed by atoms with Gasteiger partial charge in [0.05, 0.1) is 16.6 Å². The van der Waals surface area contributed by atoms with Gasteiger partial charge in [0, 0.05) is 37.8 Å². The van der Waals surface area contributed by atoms with Gasteiger partial charge in [-0.15, -0.1) is 0 Å². The van der Waals surface area contributed by atoms with Crippen molar-refractivity contribution in [2.75, 3.05) is 32.7 Å². The van der Waals surface area contributed by atoms with E-state index in [0.717, 1.165) is 12.7 Å². The molecule has 3 rings (SSSR count). The number of hydrogen-bond acceptors (Lipinski definition) is 3. The van der Waals surface area contributed by atoms with Crippen molar-refractivity contribution in [1.82, 2.24) is 14.8 Å². The summed E-state index contributed by atoms with van der Waals surface area (Å²) in [6, 6.07) is 6.02. The van der Waals surface area contributed by atoms with E-state index in [2.05, 4.69) is 9.88 Å². The molecule has 1 fully saturated rings. The normalized spacial score (nSPS) is 16.6. The Morgan fingerprint density at radius 1 is 1.17 bits per heavy atom. The van der Waals surface area contributed by atoms with Crippen LogP contribution in [0.1, 0.15) is 22.8 Å². The molecular formula is C17H18F3N3O. The fourth-order valence-corrected chi connectivity index (χ4v) is 3.05. The van der Waals surface area contributed by atoms with Gasteiger partial charge in [0.1, 0.15) is 0 Å². The highest BCUT2D eigenvalue weighted by molar-refractivity contribution is 6.00. The largest absolute Gasteiger partial charge is 0.417 e. The molecule has 24 heavy (non-hydrogen) atoms. The van der Waals surface area contributed by atoms with Gasteiger partial charge in [-0.2, -0.15) is 13.2 Å². The van der Waals surface area contributed by atoms with Crippen LogP contribution in [0.3, 0.4) is 0 Å². The first-order valence-corrected chi connectivity index (χ1v) is 7.88. The predicted octanol–water partition coefficient (Wildman–Crippen LogP) is 3.03. The number of carbonyl (C=O) groups is 1. The average Bonchev–Trinajstić information content (AvgIpc) is 2.59. The second-order valence-electron chi connectivity index (χ2n) is 5.79. The number of alkyl halides is 3. The third-order valence-corrected chi connectivity index (χ3v) is 4.40. The highest BCUT2D eigenvalue weighted by Crippen LogP contribution is 2.37. The second-order valence-corrected chi connectivity index (χ2v) is 5.79. The molecule has 0 N–H and O–H groups in total. The van der Waals surface area contributed by atoms with Crippen molar-refractivity contribution in [3.8, 4) is 0 Å². The minimum atomic E-state index is -4.61. The van der Waals surface area contributed by atoms with Crippen LogP contribution in [-0.4, -0.2) is 53.4 Å². The number of likely N-dealkylation sites (N-methyl/N-ethyl adjacent to an activating group) is 1. The third kappa shape index (κ3) is 3.08. The van der Waals surface area contributed by atoms with Crippen molar-refractivity contribution in [3.63, 3.8) is 0 Å². The summed E-state index contributed by atoms with van der Waals surface area (Å²) in [6.07, 6.45) is -3.56. The Morgan fingerprint density at radius 3 is 2.46 bits per heavy atom. The lowest BCUT2D eigenvalue weighted by Crippen LogP contribution is -2.48. The van der Waals surface area contributed by atoms with Crippen LogP contribution in [0.5, 0.6) is 0 Å². The van der Waals surface area contributed by atoms with Gasteiger partial charge in [0.25, 0.3) is 5.91 Å². The molecule has 2 aromatic rings. The second kappa shape index (κ2) is 6.39. The summed E-state index contributed by atoms with van der Waals surface area (Å²) in [6.45, 7) is 5.09. The maximum Gasteiger partial charge on any atom is 0.417 e. The van der Waals surface area contributed by atoms with Gasteiger partial charge < -0.3 is 9.80 Å². The number of piperazine rings is 1. The molecule has 7 heteroatoms. The van der Waals surface area contributed by atoms with E-state index in [9.17, 15) is 18.0 Å². The van der Waals surface area contributed by atoms with Crippen molar-refractivity contribution in [3.05, 3.63) is 41.6 Å². The van der Waals surface area contributed by atoms with Gasteiger partial charge in [-0.3, -0.25) is 9.78 Å². The fourth-order valence-electron chi connectivity index (χ4n) is 3.05. The molecule has 2 heterocycles. The van der Waals surface area contributed by atoms with Crippen molar-refractivity contribution in [2.45, 2.75) is 13.1 Å². The van der Waals surface area contributed by atoms with Crippen molar-refractivity contribution >= 4 is 16.8 Å². The lowest BCUT2D eigenvalue weighted by molar-refractivity contribution is -0.136. The smallest absolute Gasteiger partial charge is 0.336 e. The highest BCUT2D eigenvalue weighted by atomic mass is 19.4. The van der Waals surface area contributed by atoms with Crippen LogP contribution in [0.4, 0.5) is 13.2 Å². The number of fused-ring (bicyclic) bond motifs is 1. The SMILES string of the molecule is CCN1CCN(C(=O)c2cnc3ccccc3c2C(F)(F)F)CC1. The van der Waals surface area contributed by atoms with Crippen LogP contribution in [0, 0.1) is 0 Å². The molecule has 0 spiro atoms. The summed E-state index contributed by atoms with van der Waals surface area (Å²) in [5.41, 5.74) is -1.03. The number of benzene rings is 1. The zero-order chi connectivity index (χ0) is 17.3. The summed E-state index contributed by atoms with van der Waals surface area (Å²) in [4.78, 5) is 20.4. The van der Waals surface area contributed by atoms with Crippen LogP contribution >= 0.6 is 0 Å². The van der Waals surface area contributed by atoms with Gasteiger partial charge in [-0.1, -0.05) is 25.1 Å². The van der Waals surface area contributed by atoms with Gasteiger partial charge in [0.15, 0.2) is 0 Å². The molecule has 0 radical (unpaired) electrons. The number of aromatic nitrogens is 1. The summed E-state index contributed by atoms with van der Waals surface area (Å²) in [7, 11) is 0. The number of rotatable bonds is 2. The average molecular weight is 337 g/mol. The summed E-state index contributed by atoms with van der Waals surface area (Å²) < 4.78 is 40.8. The molecule has 0 atom stereocenters. The highest BCUT2D eigenvalue weighted by Gasteiger charge is 2.38. The van der Waals surface area contributed by atoms with Crippen molar-refractivity contribution < 1.29 is 18.0 Å². The van der Waals surface area contributed by atoms with E-state index < -0.39 is 17.6 Å². The standard InChI is InChI=1S/C17H18F3N3O/c1-2-22-7-9-23(10-8-22)16(24)13-11-21-14-6-4-3-5-12(14)15(13)17(18,19)20/h3-6,11H,2,7-10H2,1H3. The van der Waals surface area contributed by atoms with Crippen LogP contribution in [-0.2, 0) is 6.18 Å². The number of pyridine rings is 1. The summed E-state index contributed by atoms with van der Waals surface area (Å²) >= 11 is 0. The number of para-hydroxylation sites is 1. The Morgan fingerprint density at radius 2 is 1.83 bits per heavy atom. The predicted molar refractivity (Wildman–Crippen MR) is 84.8 cm³/mol. The van der Waals surface area contributed by atoms with Crippen LogP contribution in [0.15, 0.2) is 30.5 Å². The van der Waals surface area contributed by atoms with E-state index in [1.807, 2.05) is 6.92 Å². The van der Waals surface area contributed by atoms with Crippen molar-refractivity contribution in [2.24, 2.45) is 0 Å². The topological polar surface area (TPSA) is 36.4 Å². The summed E-state index contributed by atoms with van der Waals surface area (Å²) in [5.74, 6) is -0.601. The Hall–Kier alpha value is -2.15. The van der Waals surface area contributed by atoms with E-state index >= 15 is 0 Å². The van der Waals surface area contributed by atoms with Gasteiger partial charge in [-0.25, -0.2) is 0 Å². The number of nitrogens with zero attached hydrogens (tertiary/aromatic N) is 3. The Bertz CT molecular complexity index is 752. The van der Waals surface area contributed by atoms with E-state index in [4.69, 9.17) is 0 Å². The minimum absolute atomic E-state index is 0.0388. The molecule has 0 unspecified atom stereocenters. The molecule has 4 nitrogen and oxygen atoms in total. The van der Waals surface area contributed by atoms with Gasteiger partial charge in [0.2, 0.25) is 0 Å².